The van der Waals surface area contributed by atoms with E-state index in [-0.39, 0.29) is 11.4 Å². The number of hydrogen-bond donors (Lipinski definition) is 2. The van der Waals surface area contributed by atoms with Gasteiger partial charge in [-0.05, 0) is 43.5 Å². The zero-order valence-corrected chi connectivity index (χ0v) is 11.5. The molecule has 5 nitrogen and oxygen atoms in total. The molecule has 0 saturated carbocycles. The molecule has 2 N–H and O–H groups in total. The lowest BCUT2D eigenvalue weighted by Gasteiger charge is -2.34. The second-order valence-electron chi connectivity index (χ2n) is 5.34. The summed E-state index contributed by atoms with van der Waals surface area (Å²) in [6.45, 7) is 5.28. The third-order valence-corrected chi connectivity index (χ3v) is 3.69. The molecule has 104 valence electrons. The molecule has 1 saturated heterocycles. The van der Waals surface area contributed by atoms with Crippen molar-refractivity contribution in [2.45, 2.75) is 19.8 Å². The first-order chi connectivity index (χ1) is 9.13. The fraction of sp³-hybridized carbons (Fsp3) is 0.571. The van der Waals surface area contributed by atoms with Crippen LogP contribution in [0.2, 0.25) is 0 Å². The normalized spacial score (nSPS) is 17.8. The summed E-state index contributed by atoms with van der Waals surface area (Å²) in [6.07, 6.45) is 3.92. The highest BCUT2D eigenvalue weighted by atomic mass is 16.5. The molecule has 1 aromatic heterocycles. The predicted molar refractivity (Wildman–Crippen MR) is 74.3 cm³/mol. The number of carbonyl (C=O) groups is 1. The van der Waals surface area contributed by atoms with Crippen molar-refractivity contribution in [3.63, 3.8) is 0 Å². The van der Waals surface area contributed by atoms with Gasteiger partial charge in [0.2, 0.25) is 0 Å². The molecule has 1 aromatic rings. The Balaban J connectivity index is 1.97. The van der Waals surface area contributed by atoms with Crippen LogP contribution in [0.1, 0.15) is 30.1 Å². The summed E-state index contributed by atoms with van der Waals surface area (Å²) in [4.78, 5) is 15.7. The second-order valence-corrected chi connectivity index (χ2v) is 5.34. The van der Waals surface area contributed by atoms with Crippen LogP contribution in [0.15, 0.2) is 18.3 Å². The summed E-state index contributed by atoms with van der Waals surface area (Å²) >= 11 is 0. The minimum atomic E-state index is -0.335. The first-order valence-corrected chi connectivity index (χ1v) is 6.62. The highest BCUT2D eigenvalue weighted by molar-refractivity contribution is 5.89. The van der Waals surface area contributed by atoms with Gasteiger partial charge in [-0.2, -0.15) is 0 Å². The number of carbonyl (C=O) groups excluding carboxylic acids is 1. The van der Waals surface area contributed by atoms with Crippen LogP contribution in [-0.2, 0) is 4.74 Å². The second kappa shape index (κ2) is 6.02. The molecule has 0 amide bonds. The maximum absolute atomic E-state index is 11.4. The smallest absolute Gasteiger partial charge is 0.338 e. The molecule has 0 unspecified atom stereocenters. The van der Waals surface area contributed by atoms with Gasteiger partial charge in [-0.25, -0.2) is 9.78 Å². The molecule has 0 radical (unpaired) electrons. The summed E-state index contributed by atoms with van der Waals surface area (Å²) in [5, 5.41) is 6.69. The molecule has 0 aliphatic carbocycles. The number of esters is 1. The molecule has 2 heterocycles. The van der Waals surface area contributed by atoms with Gasteiger partial charge in [-0.1, -0.05) is 6.92 Å². The number of methoxy groups -OCH3 is 1. The van der Waals surface area contributed by atoms with Gasteiger partial charge >= 0.3 is 5.97 Å². The highest BCUT2D eigenvalue weighted by Crippen LogP contribution is 2.27. The van der Waals surface area contributed by atoms with Gasteiger partial charge in [-0.15, -0.1) is 0 Å². The van der Waals surface area contributed by atoms with Crippen LogP contribution in [0.4, 0.5) is 5.82 Å². The maximum atomic E-state index is 11.4. The minimum absolute atomic E-state index is 0.286. The molecule has 0 atom stereocenters. The highest BCUT2D eigenvalue weighted by Gasteiger charge is 2.26. The first kappa shape index (κ1) is 13.8. The zero-order chi connectivity index (χ0) is 13.7. The molecule has 5 heteroatoms. The molecule has 1 aliphatic rings. The molecule has 19 heavy (non-hydrogen) atoms. The summed E-state index contributed by atoms with van der Waals surface area (Å²) in [5.41, 5.74) is 0.809. The van der Waals surface area contributed by atoms with Crippen LogP contribution < -0.4 is 10.6 Å². The van der Waals surface area contributed by atoms with Gasteiger partial charge in [0.05, 0.1) is 12.7 Å². The number of piperidine rings is 1. The van der Waals surface area contributed by atoms with E-state index < -0.39 is 0 Å². The number of rotatable bonds is 4. The Bertz CT molecular complexity index is 442. The van der Waals surface area contributed by atoms with Crippen LogP contribution in [-0.4, -0.2) is 37.7 Å². The Hall–Kier alpha value is -1.62. The fourth-order valence-corrected chi connectivity index (χ4v) is 2.28. The average molecular weight is 263 g/mol. The number of pyridine rings is 1. The number of anilines is 1. The Labute approximate surface area is 113 Å². The third-order valence-electron chi connectivity index (χ3n) is 3.69. The predicted octanol–water partition coefficient (Wildman–Crippen LogP) is 1.67. The molecule has 0 aromatic carbocycles. The first-order valence-electron chi connectivity index (χ1n) is 6.62. The van der Waals surface area contributed by atoms with E-state index in [1.807, 2.05) is 0 Å². The lowest BCUT2D eigenvalue weighted by molar-refractivity contribution is 0.0600. The fourth-order valence-electron chi connectivity index (χ4n) is 2.28. The number of hydrogen-bond acceptors (Lipinski definition) is 5. The number of aromatic nitrogens is 1. The lowest BCUT2D eigenvalue weighted by Crippen LogP contribution is -2.39. The van der Waals surface area contributed by atoms with Crippen LogP contribution in [0, 0.1) is 5.41 Å². The summed E-state index contributed by atoms with van der Waals surface area (Å²) < 4.78 is 4.70. The topological polar surface area (TPSA) is 63.2 Å². The van der Waals surface area contributed by atoms with E-state index in [9.17, 15) is 4.79 Å². The largest absolute Gasteiger partial charge is 0.465 e. The number of nitrogens with one attached hydrogen (secondary N) is 2. The van der Waals surface area contributed by atoms with Crippen LogP contribution >= 0.6 is 0 Å². The van der Waals surface area contributed by atoms with E-state index in [0.29, 0.717) is 5.56 Å². The van der Waals surface area contributed by atoms with E-state index in [1.165, 1.54) is 7.11 Å². The lowest BCUT2D eigenvalue weighted by atomic mass is 9.81. The van der Waals surface area contributed by atoms with Crippen LogP contribution in [0.5, 0.6) is 0 Å². The maximum Gasteiger partial charge on any atom is 0.338 e. The van der Waals surface area contributed by atoms with E-state index in [2.05, 4.69) is 22.5 Å². The van der Waals surface area contributed by atoms with E-state index >= 15 is 0 Å². The van der Waals surface area contributed by atoms with Crippen molar-refractivity contribution in [3.8, 4) is 0 Å². The van der Waals surface area contributed by atoms with Crippen LogP contribution in [0.25, 0.3) is 0 Å². The molecular weight excluding hydrogens is 242 g/mol. The van der Waals surface area contributed by atoms with Crippen molar-refractivity contribution in [3.05, 3.63) is 23.9 Å². The van der Waals surface area contributed by atoms with Gasteiger partial charge in [-0.3, -0.25) is 0 Å². The van der Waals surface area contributed by atoms with Crippen molar-refractivity contribution in [2.75, 3.05) is 32.1 Å². The van der Waals surface area contributed by atoms with Crippen molar-refractivity contribution in [2.24, 2.45) is 5.41 Å². The van der Waals surface area contributed by atoms with E-state index in [1.54, 1.807) is 18.3 Å². The van der Waals surface area contributed by atoms with Gasteiger partial charge < -0.3 is 15.4 Å². The van der Waals surface area contributed by atoms with Gasteiger partial charge in [0, 0.05) is 12.7 Å². The van der Waals surface area contributed by atoms with Crippen LogP contribution in [0.3, 0.4) is 0 Å². The van der Waals surface area contributed by atoms with Crippen molar-refractivity contribution < 1.29 is 9.53 Å². The Kier molecular flexibility index (Phi) is 4.37. The molecule has 0 bridgehead atoms. The molecular formula is C14H21N3O2. The Morgan fingerprint density at radius 3 is 2.95 bits per heavy atom. The monoisotopic (exact) mass is 263 g/mol. The average Bonchev–Trinajstić information content (AvgIpc) is 2.45. The summed E-state index contributed by atoms with van der Waals surface area (Å²) in [6, 6.07) is 3.39. The summed E-state index contributed by atoms with van der Waals surface area (Å²) in [7, 11) is 1.38. The quantitative estimate of drug-likeness (QED) is 0.809. The SMILES string of the molecule is COC(=O)c1ccnc(NCC2(C)CCNCC2)c1. The third kappa shape index (κ3) is 3.67. The molecule has 0 spiro atoms. The number of ether oxygens (including phenoxy) is 1. The minimum Gasteiger partial charge on any atom is -0.465 e. The zero-order valence-electron chi connectivity index (χ0n) is 11.5. The van der Waals surface area contributed by atoms with E-state index in [4.69, 9.17) is 4.74 Å². The van der Waals surface area contributed by atoms with Crippen molar-refractivity contribution >= 4 is 11.8 Å². The van der Waals surface area contributed by atoms with E-state index in [0.717, 1.165) is 38.3 Å². The van der Waals surface area contributed by atoms with Crippen molar-refractivity contribution in [1.29, 1.82) is 0 Å². The van der Waals surface area contributed by atoms with Crippen molar-refractivity contribution in [1.82, 2.24) is 10.3 Å². The molecule has 2 rings (SSSR count). The van der Waals surface area contributed by atoms with Gasteiger partial charge in [0.15, 0.2) is 0 Å². The molecule has 1 fully saturated rings. The Morgan fingerprint density at radius 2 is 2.26 bits per heavy atom. The molecule has 1 aliphatic heterocycles. The van der Waals surface area contributed by atoms with Gasteiger partial charge in [0.25, 0.3) is 0 Å². The van der Waals surface area contributed by atoms with Gasteiger partial charge in [0.1, 0.15) is 5.82 Å². The Morgan fingerprint density at radius 1 is 1.53 bits per heavy atom. The number of nitrogens with zero attached hydrogens (tertiary/aromatic N) is 1. The standard InChI is InChI=1S/C14H21N3O2/c1-14(4-7-15-8-5-14)10-17-12-9-11(3-6-16-12)13(18)19-2/h3,6,9,15H,4-5,7-8,10H2,1-2H3,(H,16,17). The summed E-state index contributed by atoms with van der Waals surface area (Å²) in [5.74, 6) is 0.390.